The molecule has 0 bridgehead atoms. The Morgan fingerprint density at radius 3 is 2.59 bits per heavy atom. The lowest BCUT2D eigenvalue weighted by molar-refractivity contribution is -0.0366. The number of piperazine rings is 1. The zero-order chi connectivity index (χ0) is 20.6. The number of nitrogens with zero attached hydrogens (tertiary/aromatic N) is 3. The Bertz CT molecular complexity index is 762. The van der Waals surface area contributed by atoms with E-state index in [0.717, 1.165) is 61.2 Å². The van der Waals surface area contributed by atoms with Crippen molar-refractivity contribution in [2.45, 2.75) is 51.4 Å². The molecule has 1 unspecified atom stereocenters. The summed E-state index contributed by atoms with van der Waals surface area (Å²) in [6.45, 7) is 6.18. The van der Waals surface area contributed by atoms with Gasteiger partial charge in [0.1, 0.15) is 12.0 Å². The van der Waals surface area contributed by atoms with Gasteiger partial charge in [0.2, 0.25) is 0 Å². The van der Waals surface area contributed by atoms with Gasteiger partial charge in [-0.15, -0.1) is 0 Å². The van der Waals surface area contributed by atoms with E-state index in [1.54, 1.807) is 13.3 Å². The molecule has 2 N–H and O–H groups in total. The third-order valence-corrected chi connectivity index (χ3v) is 5.92. The van der Waals surface area contributed by atoms with Crippen LogP contribution in [-0.4, -0.2) is 71.1 Å². The highest BCUT2D eigenvalue weighted by atomic mass is 16.5. The number of aromatic nitrogens is 1. The monoisotopic (exact) mass is 401 g/mol. The van der Waals surface area contributed by atoms with E-state index in [1.165, 1.54) is 19.3 Å². The summed E-state index contributed by atoms with van der Waals surface area (Å²) in [5.74, 6) is 0.764. The Balaban J connectivity index is 1.53. The van der Waals surface area contributed by atoms with Crippen LogP contribution in [0.15, 0.2) is 30.5 Å². The summed E-state index contributed by atoms with van der Waals surface area (Å²) in [4.78, 5) is 8.84. The van der Waals surface area contributed by atoms with Gasteiger partial charge in [0.05, 0.1) is 18.7 Å². The molecular formula is C23H35N3O3. The van der Waals surface area contributed by atoms with E-state index in [4.69, 9.17) is 4.74 Å². The van der Waals surface area contributed by atoms with Crippen molar-refractivity contribution in [3.05, 3.63) is 36.0 Å². The zero-order valence-corrected chi connectivity index (χ0v) is 17.8. The van der Waals surface area contributed by atoms with Crippen LogP contribution in [0.3, 0.4) is 0 Å². The Hall–Kier alpha value is -1.73. The second-order valence-electron chi connectivity index (χ2n) is 7.97. The smallest absolute Gasteiger partial charge is 0.119 e. The van der Waals surface area contributed by atoms with Crippen molar-refractivity contribution in [2.75, 3.05) is 39.8 Å². The highest BCUT2D eigenvalue weighted by Crippen LogP contribution is 2.27. The molecule has 1 aliphatic rings. The molecule has 2 aromatic rings. The highest BCUT2D eigenvalue weighted by Gasteiger charge is 2.24. The molecule has 6 nitrogen and oxygen atoms in total. The second kappa shape index (κ2) is 10.9. The van der Waals surface area contributed by atoms with Crippen molar-refractivity contribution in [3.63, 3.8) is 0 Å². The summed E-state index contributed by atoms with van der Waals surface area (Å²) in [6.07, 6.45) is 6.43. The summed E-state index contributed by atoms with van der Waals surface area (Å²) in [5, 5.41) is 22.3. The van der Waals surface area contributed by atoms with Crippen LogP contribution in [0.25, 0.3) is 10.9 Å². The van der Waals surface area contributed by atoms with E-state index in [9.17, 15) is 10.2 Å². The zero-order valence-electron chi connectivity index (χ0n) is 17.8. The SMILES string of the molecule is CCCCCCC(O)N1CCN(C[C@H](O)c2ccnc3ccc(OC)cc23)CC1. The maximum absolute atomic E-state index is 10.9. The van der Waals surface area contributed by atoms with E-state index in [0.29, 0.717) is 6.54 Å². The summed E-state index contributed by atoms with van der Waals surface area (Å²) in [6, 6.07) is 7.64. The Labute approximate surface area is 174 Å². The molecule has 1 aromatic carbocycles. The first-order chi connectivity index (χ1) is 14.1. The molecule has 6 heteroatoms. The van der Waals surface area contributed by atoms with Gasteiger partial charge in [-0.25, -0.2) is 0 Å². The Morgan fingerprint density at radius 2 is 1.86 bits per heavy atom. The number of β-amino-alcohol motifs (C(OH)–C–C–N with tert-alkyl or cyclic N) is 1. The van der Waals surface area contributed by atoms with Crippen LogP contribution >= 0.6 is 0 Å². The van der Waals surface area contributed by atoms with Gasteiger partial charge in [-0.3, -0.25) is 14.8 Å². The molecule has 1 saturated heterocycles. The van der Waals surface area contributed by atoms with Gasteiger partial charge in [-0.1, -0.05) is 26.2 Å². The Kier molecular flexibility index (Phi) is 8.24. The third kappa shape index (κ3) is 5.89. The van der Waals surface area contributed by atoms with Crippen molar-refractivity contribution in [3.8, 4) is 5.75 Å². The number of hydrogen-bond acceptors (Lipinski definition) is 6. The van der Waals surface area contributed by atoms with Crippen molar-refractivity contribution >= 4 is 10.9 Å². The first-order valence-electron chi connectivity index (χ1n) is 10.9. The van der Waals surface area contributed by atoms with Crippen LogP contribution in [0.1, 0.15) is 50.7 Å². The summed E-state index contributed by atoms with van der Waals surface area (Å²) in [7, 11) is 1.64. The fraction of sp³-hybridized carbons (Fsp3) is 0.609. The number of ether oxygens (including phenoxy) is 1. The molecule has 0 spiro atoms. The lowest BCUT2D eigenvalue weighted by Crippen LogP contribution is -2.51. The average Bonchev–Trinajstić information content (AvgIpc) is 2.76. The van der Waals surface area contributed by atoms with Crippen molar-refractivity contribution < 1.29 is 14.9 Å². The molecule has 0 radical (unpaired) electrons. The van der Waals surface area contributed by atoms with Gasteiger partial charge >= 0.3 is 0 Å². The van der Waals surface area contributed by atoms with Gasteiger partial charge in [0.25, 0.3) is 0 Å². The minimum atomic E-state index is -0.585. The van der Waals surface area contributed by atoms with Crippen molar-refractivity contribution in [1.29, 1.82) is 0 Å². The largest absolute Gasteiger partial charge is 0.497 e. The molecule has 0 saturated carbocycles. The number of hydrogen-bond donors (Lipinski definition) is 2. The van der Waals surface area contributed by atoms with Gasteiger partial charge in [0.15, 0.2) is 0 Å². The molecular weight excluding hydrogens is 366 g/mol. The van der Waals surface area contributed by atoms with Crippen molar-refractivity contribution in [1.82, 2.24) is 14.8 Å². The van der Waals surface area contributed by atoms with Crippen LogP contribution in [0.4, 0.5) is 0 Å². The maximum atomic E-state index is 10.9. The first-order valence-corrected chi connectivity index (χ1v) is 10.9. The van der Waals surface area contributed by atoms with E-state index in [-0.39, 0.29) is 6.23 Å². The second-order valence-corrected chi connectivity index (χ2v) is 7.97. The summed E-state index contributed by atoms with van der Waals surface area (Å²) < 4.78 is 5.33. The lowest BCUT2D eigenvalue weighted by atomic mass is 10.0. The van der Waals surface area contributed by atoms with Gasteiger partial charge in [-0.05, 0) is 42.7 Å². The predicted octanol–water partition coefficient (Wildman–Crippen LogP) is 3.18. The van der Waals surface area contributed by atoms with E-state index < -0.39 is 6.10 Å². The molecule has 1 aliphatic heterocycles. The van der Waals surface area contributed by atoms with Gasteiger partial charge in [-0.2, -0.15) is 0 Å². The third-order valence-electron chi connectivity index (χ3n) is 5.92. The predicted molar refractivity (Wildman–Crippen MR) is 116 cm³/mol. The molecule has 160 valence electrons. The minimum absolute atomic E-state index is 0.337. The normalized spacial score (nSPS) is 18.1. The van der Waals surface area contributed by atoms with Gasteiger partial charge in [0, 0.05) is 44.3 Å². The van der Waals surface area contributed by atoms with Crippen LogP contribution in [0.5, 0.6) is 5.75 Å². The summed E-state index contributed by atoms with van der Waals surface area (Å²) >= 11 is 0. The maximum Gasteiger partial charge on any atom is 0.119 e. The average molecular weight is 402 g/mol. The number of methoxy groups -OCH3 is 1. The number of aliphatic hydroxyl groups is 2. The number of unbranched alkanes of at least 4 members (excludes halogenated alkanes) is 3. The molecule has 0 aliphatic carbocycles. The number of benzene rings is 1. The topological polar surface area (TPSA) is 69.1 Å². The number of aliphatic hydroxyl groups excluding tert-OH is 2. The number of fused-ring (bicyclic) bond motifs is 1. The highest BCUT2D eigenvalue weighted by molar-refractivity contribution is 5.83. The molecule has 2 atom stereocenters. The number of rotatable bonds is 10. The van der Waals surface area contributed by atoms with Crippen LogP contribution in [0.2, 0.25) is 0 Å². The standard InChI is InChI=1S/C23H35N3O3/c1-3-4-5-6-7-23(28)26-14-12-25(13-15-26)17-22(27)19-10-11-24-21-9-8-18(29-2)16-20(19)21/h8-11,16,22-23,27-28H,3-7,12-15,17H2,1-2H3/t22-,23?/m0/s1. The van der Waals surface area contributed by atoms with E-state index >= 15 is 0 Å². The minimum Gasteiger partial charge on any atom is -0.497 e. The summed E-state index contributed by atoms with van der Waals surface area (Å²) in [5.41, 5.74) is 1.74. The van der Waals surface area contributed by atoms with E-state index in [1.807, 2.05) is 24.3 Å². The quantitative estimate of drug-likeness (QED) is 0.596. The van der Waals surface area contributed by atoms with Crippen LogP contribution in [0, 0.1) is 0 Å². The molecule has 2 heterocycles. The van der Waals surface area contributed by atoms with Crippen LogP contribution in [-0.2, 0) is 0 Å². The fourth-order valence-corrected chi connectivity index (χ4v) is 4.09. The molecule has 0 amide bonds. The molecule has 1 aromatic heterocycles. The van der Waals surface area contributed by atoms with E-state index in [2.05, 4.69) is 21.7 Å². The number of pyridine rings is 1. The lowest BCUT2D eigenvalue weighted by Gasteiger charge is -2.38. The van der Waals surface area contributed by atoms with Crippen LogP contribution < -0.4 is 4.74 Å². The van der Waals surface area contributed by atoms with Crippen molar-refractivity contribution in [2.24, 2.45) is 0 Å². The first kappa shape index (κ1) is 22.0. The fourth-order valence-electron chi connectivity index (χ4n) is 4.09. The van der Waals surface area contributed by atoms with Gasteiger partial charge < -0.3 is 14.9 Å². The molecule has 1 fully saturated rings. The molecule has 3 rings (SSSR count). The molecule has 29 heavy (non-hydrogen) atoms. The Morgan fingerprint density at radius 1 is 1.07 bits per heavy atom.